The molecule has 0 saturated heterocycles. The molecule has 1 aromatic heterocycles. The summed E-state index contributed by atoms with van der Waals surface area (Å²) in [6, 6.07) is 4.63. The zero-order valence-corrected chi connectivity index (χ0v) is 13.5. The first kappa shape index (κ1) is 16.9. The van der Waals surface area contributed by atoms with Gasteiger partial charge in [-0.1, -0.05) is 33.8 Å². The van der Waals surface area contributed by atoms with E-state index in [1.807, 2.05) is 12.3 Å². The van der Waals surface area contributed by atoms with E-state index >= 15 is 0 Å². The molecule has 0 radical (unpaired) electrons. The Bertz CT molecular complexity index is 380. The van der Waals surface area contributed by atoms with E-state index in [0.717, 1.165) is 32.1 Å². The van der Waals surface area contributed by atoms with Crippen molar-refractivity contribution in [3.05, 3.63) is 23.9 Å². The number of nitrogens with zero attached hydrogens (tertiary/aromatic N) is 2. The molecule has 0 saturated carbocycles. The summed E-state index contributed by atoms with van der Waals surface area (Å²) in [7, 11) is 1.74. The predicted octanol–water partition coefficient (Wildman–Crippen LogP) is 2.69. The molecular weight excluding hydrogens is 250 g/mol. The molecule has 0 aliphatic carbocycles. The van der Waals surface area contributed by atoms with Crippen LogP contribution in [0.1, 0.15) is 33.3 Å². The van der Waals surface area contributed by atoms with Gasteiger partial charge in [-0.2, -0.15) is 0 Å². The van der Waals surface area contributed by atoms with Gasteiger partial charge in [0, 0.05) is 44.5 Å². The molecule has 1 N–H and O–H groups in total. The Kier molecular flexibility index (Phi) is 7.55. The van der Waals surface area contributed by atoms with E-state index in [0.29, 0.717) is 12.0 Å². The van der Waals surface area contributed by atoms with Gasteiger partial charge in [0.1, 0.15) is 5.82 Å². The third kappa shape index (κ3) is 5.88. The van der Waals surface area contributed by atoms with Crippen LogP contribution < -0.4 is 10.2 Å². The SMILES string of the molecule is COCCN(CC(C)C)c1ncccc1CNC(C)C. The first-order chi connectivity index (χ1) is 9.54. The minimum Gasteiger partial charge on any atom is -0.383 e. The Labute approximate surface area is 123 Å². The summed E-state index contributed by atoms with van der Waals surface area (Å²) in [6.45, 7) is 12.2. The van der Waals surface area contributed by atoms with Gasteiger partial charge in [-0.25, -0.2) is 4.98 Å². The highest BCUT2D eigenvalue weighted by molar-refractivity contribution is 5.46. The molecular formula is C16H29N3O. The number of pyridine rings is 1. The summed E-state index contributed by atoms with van der Waals surface area (Å²) >= 11 is 0. The summed E-state index contributed by atoms with van der Waals surface area (Å²) in [5.41, 5.74) is 1.25. The minimum atomic E-state index is 0.473. The van der Waals surface area contributed by atoms with E-state index in [9.17, 15) is 0 Å². The number of hydrogen-bond acceptors (Lipinski definition) is 4. The van der Waals surface area contributed by atoms with Crippen LogP contribution >= 0.6 is 0 Å². The van der Waals surface area contributed by atoms with Crippen LogP contribution in [0.3, 0.4) is 0 Å². The average molecular weight is 279 g/mol. The van der Waals surface area contributed by atoms with Crippen molar-refractivity contribution >= 4 is 5.82 Å². The molecule has 1 rings (SSSR count). The van der Waals surface area contributed by atoms with E-state index in [1.54, 1.807) is 7.11 Å². The van der Waals surface area contributed by atoms with Crippen LogP contribution in [0.5, 0.6) is 0 Å². The Morgan fingerprint density at radius 3 is 2.65 bits per heavy atom. The van der Waals surface area contributed by atoms with Gasteiger partial charge < -0.3 is 15.0 Å². The second-order valence-corrected chi connectivity index (χ2v) is 5.85. The van der Waals surface area contributed by atoms with Crippen molar-refractivity contribution in [1.29, 1.82) is 0 Å². The molecule has 0 fully saturated rings. The standard InChI is InChI=1S/C16H29N3O/c1-13(2)12-19(9-10-20-5)16-15(7-6-8-17-16)11-18-14(3)4/h6-8,13-14,18H,9-12H2,1-5H3. The number of hydrogen-bond donors (Lipinski definition) is 1. The Morgan fingerprint density at radius 2 is 2.05 bits per heavy atom. The number of methoxy groups -OCH3 is 1. The molecule has 114 valence electrons. The quantitative estimate of drug-likeness (QED) is 0.754. The topological polar surface area (TPSA) is 37.4 Å². The van der Waals surface area contributed by atoms with Crippen LogP contribution in [-0.4, -0.2) is 37.8 Å². The Hall–Kier alpha value is -1.13. The fourth-order valence-electron chi connectivity index (χ4n) is 2.09. The van der Waals surface area contributed by atoms with Crippen molar-refractivity contribution in [1.82, 2.24) is 10.3 Å². The molecule has 0 aliphatic heterocycles. The van der Waals surface area contributed by atoms with Crippen LogP contribution in [0.4, 0.5) is 5.82 Å². The van der Waals surface area contributed by atoms with E-state index < -0.39 is 0 Å². The molecule has 0 aliphatic rings. The first-order valence-corrected chi connectivity index (χ1v) is 7.45. The van der Waals surface area contributed by atoms with Crippen molar-refractivity contribution in [2.45, 2.75) is 40.3 Å². The van der Waals surface area contributed by atoms with Gasteiger partial charge in [-0.05, 0) is 12.0 Å². The summed E-state index contributed by atoms with van der Waals surface area (Å²) in [5.74, 6) is 1.67. The summed E-state index contributed by atoms with van der Waals surface area (Å²) < 4.78 is 5.23. The molecule has 1 heterocycles. The Balaban J connectivity index is 2.86. The van der Waals surface area contributed by atoms with Crippen molar-refractivity contribution in [3.63, 3.8) is 0 Å². The maximum atomic E-state index is 5.23. The minimum absolute atomic E-state index is 0.473. The van der Waals surface area contributed by atoms with Crippen molar-refractivity contribution < 1.29 is 4.74 Å². The fraction of sp³-hybridized carbons (Fsp3) is 0.688. The lowest BCUT2D eigenvalue weighted by Gasteiger charge is -2.27. The smallest absolute Gasteiger partial charge is 0.133 e. The summed E-state index contributed by atoms with van der Waals surface area (Å²) in [5, 5.41) is 3.47. The number of rotatable bonds is 9. The fourth-order valence-corrected chi connectivity index (χ4v) is 2.09. The maximum Gasteiger partial charge on any atom is 0.133 e. The molecule has 0 amide bonds. The van der Waals surface area contributed by atoms with Crippen LogP contribution in [0, 0.1) is 5.92 Å². The lowest BCUT2D eigenvalue weighted by molar-refractivity contribution is 0.204. The predicted molar refractivity (Wildman–Crippen MR) is 85.1 cm³/mol. The largest absolute Gasteiger partial charge is 0.383 e. The van der Waals surface area contributed by atoms with E-state index in [-0.39, 0.29) is 0 Å². The van der Waals surface area contributed by atoms with E-state index in [4.69, 9.17) is 4.74 Å². The number of nitrogens with one attached hydrogen (secondary N) is 1. The third-order valence-corrected chi connectivity index (χ3v) is 3.02. The zero-order valence-electron chi connectivity index (χ0n) is 13.5. The third-order valence-electron chi connectivity index (χ3n) is 3.02. The normalized spacial score (nSPS) is 11.3. The van der Waals surface area contributed by atoms with Gasteiger partial charge in [0.2, 0.25) is 0 Å². The van der Waals surface area contributed by atoms with Gasteiger partial charge in [-0.15, -0.1) is 0 Å². The Morgan fingerprint density at radius 1 is 1.30 bits per heavy atom. The monoisotopic (exact) mass is 279 g/mol. The van der Waals surface area contributed by atoms with E-state index in [2.05, 4.69) is 49.0 Å². The molecule has 0 aromatic carbocycles. The highest BCUT2D eigenvalue weighted by Gasteiger charge is 2.13. The van der Waals surface area contributed by atoms with Crippen molar-refractivity contribution in [2.24, 2.45) is 5.92 Å². The van der Waals surface area contributed by atoms with E-state index in [1.165, 1.54) is 5.56 Å². The van der Waals surface area contributed by atoms with Crippen molar-refractivity contribution in [2.75, 3.05) is 31.7 Å². The lowest BCUT2D eigenvalue weighted by Crippen LogP contribution is -2.33. The number of anilines is 1. The molecule has 20 heavy (non-hydrogen) atoms. The maximum absolute atomic E-state index is 5.23. The van der Waals surface area contributed by atoms with Crippen LogP contribution in [0.25, 0.3) is 0 Å². The van der Waals surface area contributed by atoms with Gasteiger partial charge in [0.15, 0.2) is 0 Å². The molecule has 4 nitrogen and oxygen atoms in total. The van der Waals surface area contributed by atoms with Crippen LogP contribution in [0.2, 0.25) is 0 Å². The summed E-state index contributed by atoms with van der Waals surface area (Å²) in [4.78, 5) is 6.92. The lowest BCUT2D eigenvalue weighted by atomic mass is 10.1. The van der Waals surface area contributed by atoms with Gasteiger partial charge >= 0.3 is 0 Å². The number of aromatic nitrogens is 1. The highest BCUT2D eigenvalue weighted by atomic mass is 16.5. The second-order valence-electron chi connectivity index (χ2n) is 5.85. The van der Waals surface area contributed by atoms with Crippen LogP contribution in [-0.2, 0) is 11.3 Å². The van der Waals surface area contributed by atoms with Crippen molar-refractivity contribution in [3.8, 4) is 0 Å². The molecule has 1 aromatic rings. The first-order valence-electron chi connectivity index (χ1n) is 7.45. The second kappa shape index (κ2) is 8.93. The zero-order chi connectivity index (χ0) is 15.0. The number of ether oxygens (including phenoxy) is 1. The molecule has 4 heteroatoms. The molecule has 0 atom stereocenters. The molecule has 0 bridgehead atoms. The van der Waals surface area contributed by atoms with Gasteiger partial charge in [0.25, 0.3) is 0 Å². The van der Waals surface area contributed by atoms with Crippen LogP contribution in [0.15, 0.2) is 18.3 Å². The van der Waals surface area contributed by atoms with Gasteiger partial charge in [0.05, 0.1) is 6.61 Å². The highest BCUT2D eigenvalue weighted by Crippen LogP contribution is 2.18. The molecule has 0 spiro atoms. The average Bonchev–Trinajstić information content (AvgIpc) is 2.41. The summed E-state index contributed by atoms with van der Waals surface area (Å²) in [6.07, 6.45) is 1.87. The van der Waals surface area contributed by atoms with Gasteiger partial charge in [-0.3, -0.25) is 0 Å². The molecule has 0 unspecified atom stereocenters.